The van der Waals surface area contributed by atoms with Crippen LogP contribution in [-0.2, 0) is 9.53 Å². The number of anilines is 1. The van der Waals surface area contributed by atoms with Gasteiger partial charge in [-0.1, -0.05) is 15.9 Å². The predicted molar refractivity (Wildman–Crippen MR) is 61.8 cm³/mol. The molecule has 1 aromatic carbocycles. The van der Waals surface area contributed by atoms with Gasteiger partial charge >= 0.3 is 0 Å². The normalized spacial score (nSPS) is 20.6. The number of carbonyl (C=O) groups excluding carboxylic acids is 1. The van der Waals surface area contributed by atoms with Crippen molar-refractivity contribution in [3.8, 4) is 6.07 Å². The molecule has 16 heavy (non-hydrogen) atoms. The van der Waals surface area contributed by atoms with E-state index in [2.05, 4.69) is 15.9 Å². The van der Waals surface area contributed by atoms with E-state index in [-0.39, 0.29) is 19.1 Å². The molecule has 1 aliphatic heterocycles. The van der Waals surface area contributed by atoms with Crippen LogP contribution < -0.4 is 4.90 Å². The molecule has 0 aromatic heterocycles. The van der Waals surface area contributed by atoms with Crippen molar-refractivity contribution < 1.29 is 9.53 Å². The highest BCUT2D eigenvalue weighted by atomic mass is 79.9. The van der Waals surface area contributed by atoms with Gasteiger partial charge in [-0.3, -0.25) is 4.79 Å². The van der Waals surface area contributed by atoms with Gasteiger partial charge in [0.2, 0.25) is 0 Å². The van der Waals surface area contributed by atoms with Crippen LogP contribution in [0.25, 0.3) is 0 Å². The van der Waals surface area contributed by atoms with Crippen molar-refractivity contribution in [1.82, 2.24) is 0 Å². The summed E-state index contributed by atoms with van der Waals surface area (Å²) >= 11 is 3.33. The van der Waals surface area contributed by atoms with Gasteiger partial charge in [-0.2, -0.15) is 5.26 Å². The number of halogens is 1. The predicted octanol–water partition coefficient (Wildman–Crippen LogP) is 1.70. The molecule has 1 heterocycles. The summed E-state index contributed by atoms with van der Waals surface area (Å²) in [5.41, 5.74) is 0.789. The molecule has 0 N–H and O–H groups in total. The Bertz CT molecular complexity index is 438. The Morgan fingerprint density at radius 2 is 2.12 bits per heavy atom. The second-order valence-corrected chi connectivity index (χ2v) is 4.33. The van der Waals surface area contributed by atoms with Crippen molar-refractivity contribution in [3.63, 3.8) is 0 Å². The minimum Gasteiger partial charge on any atom is -0.352 e. The van der Waals surface area contributed by atoms with Crippen molar-refractivity contribution in [1.29, 1.82) is 5.26 Å². The summed E-state index contributed by atoms with van der Waals surface area (Å²) in [6.45, 7) is 0.255. The molecular formula is C11H9BrN2O2. The Morgan fingerprint density at radius 1 is 1.44 bits per heavy atom. The first-order chi connectivity index (χ1) is 7.70. The van der Waals surface area contributed by atoms with Gasteiger partial charge in [-0.05, 0) is 24.3 Å². The van der Waals surface area contributed by atoms with Gasteiger partial charge in [0.25, 0.3) is 5.91 Å². The van der Waals surface area contributed by atoms with E-state index < -0.39 is 6.10 Å². The van der Waals surface area contributed by atoms with E-state index in [1.54, 1.807) is 4.90 Å². The molecule has 1 atom stereocenters. The third kappa shape index (κ3) is 2.23. The van der Waals surface area contributed by atoms with E-state index in [4.69, 9.17) is 10.00 Å². The molecule has 0 radical (unpaired) electrons. The number of hydrogen-bond donors (Lipinski definition) is 0. The number of rotatable bonds is 1. The molecular weight excluding hydrogens is 272 g/mol. The highest BCUT2D eigenvalue weighted by Gasteiger charge is 2.26. The van der Waals surface area contributed by atoms with Crippen molar-refractivity contribution >= 4 is 27.5 Å². The Morgan fingerprint density at radius 3 is 2.75 bits per heavy atom. The Labute approximate surface area is 102 Å². The molecule has 1 aliphatic rings. The quantitative estimate of drug-likeness (QED) is 0.787. The second-order valence-electron chi connectivity index (χ2n) is 3.41. The molecule has 0 bridgehead atoms. The van der Waals surface area contributed by atoms with Crippen molar-refractivity contribution in [2.45, 2.75) is 6.10 Å². The van der Waals surface area contributed by atoms with E-state index in [0.29, 0.717) is 0 Å². The maximum Gasteiger partial charge on any atom is 0.253 e. The molecule has 1 fully saturated rings. The SMILES string of the molecule is N#CC1CN(c2ccc(Br)cc2)C(=O)CO1. The summed E-state index contributed by atoms with van der Waals surface area (Å²) in [7, 11) is 0. The largest absolute Gasteiger partial charge is 0.352 e. The van der Waals surface area contributed by atoms with Crippen LogP contribution >= 0.6 is 15.9 Å². The number of nitrogens with zero attached hydrogens (tertiary/aromatic N) is 2. The van der Waals surface area contributed by atoms with Crippen LogP contribution in [0, 0.1) is 11.3 Å². The summed E-state index contributed by atoms with van der Waals surface area (Å²) in [5.74, 6) is -0.117. The average molecular weight is 281 g/mol. The number of amides is 1. The molecule has 5 heteroatoms. The third-order valence-electron chi connectivity index (χ3n) is 2.34. The van der Waals surface area contributed by atoms with E-state index >= 15 is 0 Å². The van der Waals surface area contributed by atoms with Gasteiger partial charge < -0.3 is 9.64 Å². The Kier molecular flexibility index (Phi) is 3.22. The number of ether oxygens (including phenoxy) is 1. The molecule has 4 nitrogen and oxygen atoms in total. The molecule has 0 spiro atoms. The fourth-order valence-electron chi connectivity index (χ4n) is 1.52. The van der Waals surface area contributed by atoms with E-state index in [1.807, 2.05) is 30.3 Å². The Hall–Kier alpha value is -1.38. The van der Waals surface area contributed by atoms with Crippen LogP contribution in [0.1, 0.15) is 0 Å². The highest BCUT2D eigenvalue weighted by molar-refractivity contribution is 9.10. The minimum absolute atomic E-state index is 0.0334. The zero-order valence-corrected chi connectivity index (χ0v) is 9.98. The third-order valence-corrected chi connectivity index (χ3v) is 2.87. The van der Waals surface area contributed by atoms with Crippen molar-refractivity contribution in [2.24, 2.45) is 0 Å². The molecule has 0 saturated carbocycles. The van der Waals surface area contributed by atoms with Crippen LogP contribution in [0.4, 0.5) is 5.69 Å². The molecule has 82 valence electrons. The van der Waals surface area contributed by atoms with Crippen LogP contribution in [0.2, 0.25) is 0 Å². The topological polar surface area (TPSA) is 53.3 Å². The summed E-state index contributed by atoms with van der Waals surface area (Å²) in [5, 5.41) is 8.77. The van der Waals surface area contributed by atoms with E-state index in [0.717, 1.165) is 10.2 Å². The smallest absolute Gasteiger partial charge is 0.253 e. The van der Waals surface area contributed by atoms with Crippen LogP contribution in [0.15, 0.2) is 28.7 Å². The van der Waals surface area contributed by atoms with E-state index in [1.165, 1.54) is 0 Å². The first kappa shape index (κ1) is 11.1. The molecule has 0 aliphatic carbocycles. The Balaban J connectivity index is 2.22. The van der Waals surface area contributed by atoms with Gasteiger partial charge in [0.1, 0.15) is 6.61 Å². The zero-order valence-electron chi connectivity index (χ0n) is 8.39. The first-order valence-corrected chi connectivity index (χ1v) is 5.57. The van der Waals surface area contributed by atoms with Gasteiger partial charge in [-0.25, -0.2) is 0 Å². The van der Waals surface area contributed by atoms with Crippen LogP contribution in [0.3, 0.4) is 0 Å². The minimum atomic E-state index is -0.540. The monoisotopic (exact) mass is 280 g/mol. The summed E-state index contributed by atoms with van der Waals surface area (Å²) in [6, 6.07) is 9.40. The number of nitriles is 1. The lowest BCUT2D eigenvalue weighted by atomic mass is 10.2. The maximum atomic E-state index is 11.6. The summed E-state index contributed by atoms with van der Waals surface area (Å²) in [6.07, 6.45) is -0.540. The van der Waals surface area contributed by atoms with Gasteiger partial charge in [0, 0.05) is 10.2 Å². The lowest BCUT2D eigenvalue weighted by Gasteiger charge is -2.29. The van der Waals surface area contributed by atoms with Crippen molar-refractivity contribution in [2.75, 3.05) is 18.1 Å². The fraction of sp³-hybridized carbons (Fsp3) is 0.273. The first-order valence-electron chi connectivity index (χ1n) is 4.78. The van der Waals surface area contributed by atoms with Crippen molar-refractivity contribution in [3.05, 3.63) is 28.7 Å². The molecule has 1 aromatic rings. The number of benzene rings is 1. The fourth-order valence-corrected chi connectivity index (χ4v) is 1.78. The molecule has 2 rings (SSSR count). The van der Waals surface area contributed by atoms with Gasteiger partial charge in [0.15, 0.2) is 6.10 Å². The highest BCUT2D eigenvalue weighted by Crippen LogP contribution is 2.21. The average Bonchev–Trinajstić information content (AvgIpc) is 2.31. The molecule has 1 saturated heterocycles. The van der Waals surface area contributed by atoms with Gasteiger partial charge in [0.05, 0.1) is 12.6 Å². The second kappa shape index (κ2) is 4.64. The van der Waals surface area contributed by atoms with E-state index in [9.17, 15) is 4.79 Å². The summed E-state index contributed by atoms with van der Waals surface area (Å²) in [4.78, 5) is 13.2. The van der Waals surface area contributed by atoms with Gasteiger partial charge in [-0.15, -0.1) is 0 Å². The standard InChI is InChI=1S/C11H9BrN2O2/c12-8-1-3-9(4-2-8)14-6-10(5-13)16-7-11(14)15/h1-4,10H,6-7H2. The molecule has 1 unspecified atom stereocenters. The van der Waals surface area contributed by atoms with Crippen LogP contribution in [-0.4, -0.2) is 25.2 Å². The number of hydrogen-bond acceptors (Lipinski definition) is 3. The molecule has 1 amide bonds. The zero-order chi connectivity index (χ0) is 11.5. The lowest BCUT2D eigenvalue weighted by molar-refractivity contribution is -0.127. The number of morpholine rings is 1. The maximum absolute atomic E-state index is 11.6. The van der Waals surface area contributed by atoms with Crippen LogP contribution in [0.5, 0.6) is 0 Å². The number of carbonyl (C=O) groups is 1. The lowest BCUT2D eigenvalue weighted by Crippen LogP contribution is -2.46. The summed E-state index contributed by atoms with van der Waals surface area (Å²) < 4.78 is 6.01.